The first kappa shape index (κ1) is 32.1. The Morgan fingerprint density at radius 3 is 2.35 bits per heavy atom. The Bertz CT molecular complexity index is 1940. The number of nitrogens with one attached hydrogen (secondary N) is 2. The number of carbonyl (C=O) groups excluding carboxylic acids is 2. The molecule has 8 nitrogen and oxygen atoms in total. The number of halogens is 4. The standard InChI is InChI=1S/C34H27ClF3N3O5/c1-3-44-27-17-16-20(18-28(27)45-4-2)33(43)46-26-15-8-5-10-21(26)19-39-41-32(42)31-29(22-11-6-7-14-25(22)35)23-12-9-13-24(30(23)40-31)34(36,37)38/h5-19,40H,3-4H2,1-2H3,(H,41,42). The molecule has 0 radical (unpaired) electrons. The van der Waals surface area contributed by atoms with E-state index in [0.717, 1.165) is 6.07 Å². The highest BCUT2D eigenvalue weighted by atomic mass is 35.5. The molecule has 0 unspecified atom stereocenters. The molecule has 0 atom stereocenters. The van der Waals surface area contributed by atoms with Gasteiger partial charge >= 0.3 is 12.1 Å². The molecule has 0 saturated carbocycles. The van der Waals surface area contributed by atoms with E-state index in [2.05, 4.69) is 15.5 Å². The second-order valence-electron chi connectivity index (χ2n) is 9.73. The van der Waals surface area contributed by atoms with Gasteiger partial charge in [-0.05, 0) is 56.3 Å². The number of rotatable bonds is 10. The molecule has 46 heavy (non-hydrogen) atoms. The van der Waals surface area contributed by atoms with Crippen molar-refractivity contribution in [3.8, 4) is 28.4 Å². The normalized spacial score (nSPS) is 11.5. The Labute approximate surface area is 266 Å². The number of H-pyrrole nitrogens is 1. The Balaban J connectivity index is 1.42. The number of benzene rings is 4. The third kappa shape index (κ3) is 6.84. The number of aromatic amines is 1. The van der Waals surface area contributed by atoms with Crippen molar-refractivity contribution in [1.29, 1.82) is 0 Å². The van der Waals surface area contributed by atoms with E-state index in [4.69, 9.17) is 25.8 Å². The van der Waals surface area contributed by atoms with Crippen LogP contribution in [0.5, 0.6) is 17.2 Å². The summed E-state index contributed by atoms with van der Waals surface area (Å²) in [7, 11) is 0. The lowest BCUT2D eigenvalue weighted by Gasteiger charge is -2.12. The quantitative estimate of drug-likeness (QED) is 0.0686. The minimum Gasteiger partial charge on any atom is -0.490 e. The number of amides is 1. The number of fused-ring (bicyclic) bond motifs is 1. The summed E-state index contributed by atoms with van der Waals surface area (Å²) in [5.74, 6) is -0.451. The van der Waals surface area contributed by atoms with E-state index in [1.807, 2.05) is 13.8 Å². The van der Waals surface area contributed by atoms with Crippen molar-refractivity contribution in [2.24, 2.45) is 5.10 Å². The molecule has 1 amide bonds. The fraction of sp³-hybridized carbons (Fsp3) is 0.147. The van der Waals surface area contributed by atoms with Gasteiger partial charge < -0.3 is 19.2 Å². The molecule has 4 aromatic carbocycles. The summed E-state index contributed by atoms with van der Waals surface area (Å²) >= 11 is 6.40. The summed E-state index contributed by atoms with van der Waals surface area (Å²) in [5, 5.41) is 4.41. The van der Waals surface area contributed by atoms with E-state index < -0.39 is 23.6 Å². The van der Waals surface area contributed by atoms with Crippen molar-refractivity contribution in [2.45, 2.75) is 20.0 Å². The lowest BCUT2D eigenvalue weighted by molar-refractivity contribution is -0.136. The molecule has 12 heteroatoms. The van der Waals surface area contributed by atoms with Crippen LogP contribution < -0.4 is 19.6 Å². The van der Waals surface area contributed by atoms with Crippen LogP contribution >= 0.6 is 11.6 Å². The Kier molecular flexibility index (Phi) is 9.62. The Morgan fingerprint density at radius 2 is 1.61 bits per heavy atom. The average molecular weight is 650 g/mol. The number of carbonyl (C=O) groups is 2. The summed E-state index contributed by atoms with van der Waals surface area (Å²) in [6, 6.07) is 21.4. The van der Waals surface area contributed by atoms with E-state index in [1.54, 1.807) is 60.7 Å². The molecule has 5 rings (SSSR count). The van der Waals surface area contributed by atoms with Gasteiger partial charge in [0.1, 0.15) is 11.4 Å². The molecular formula is C34H27ClF3N3O5. The monoisotopic (exact) mass is 649 g/mol. The van der Waals surface area contributed by atoms with Crippen molar-refractivity contribution in [3.63, 3.8) is 0 Å². The van der Waals surface area contributed by atoms with Crippen LogP contribution in [0.4, 0.5) is 13.2 Å². The molecule has 1 aromatic heterocycles. The van der Waals surface area contributed by atoms with Crippen LogP contribution in [-0.4, -0.2) is 36.3 Å². The average Bonchev–Trinajstić information content (AvgIpc) is 3.42. The first-order chi connectivity index (χ1) is 22.1. The van der Waals surface area contributed by atoms with Crippen molar-refractivity contribution < 1.29 is 37.0 Å². The fourth-order valence-corrected chi connectivity index (χ4v) is 5.03. The van der Waals surface area contributed by atoms with Crippen LogP contribution in [0.3, 0.4) is 0 Å². The number of hydrogen-bond acceptors (Lipinski definition) is 6. The molecule has 1 heterocycles. The maximum atomic E-state index is 13.9. The predicted octanol–water partition coefficient (Wildman–Crippen LogP) is 8.29. The predicted molar refractivity (Wildman–Crippen MR) is 169 cm³/mol. The van der Waals surface area contributed by atoms with Gasteiger partial charge in [-0.2, -0.15) is 18.3 Å². The van der Waals surface area contributed by atoms with Crippen LogP contribution in [-0.2, 0) is 6.18 Å². The van der Waals surface area contributed by atoms with Crippen LogP contribution in [0.25, 0.3) is 22.0 Å². The molecule has 0 aliphatic heterocycles. The molecule has 0 fully saturated rings. The van der Waals surface area contributed by atoms with Gasteiger partial charge in [0.2, 0.25) is 0 Å². The maximum absolute atomic E-state index is 13.9. The van der Waals surface area contributed by atoms with E-state index in [1.165, 1.54) is 24.4 Å². The molecule has 0 saturated heterocycles. The number of aromatic nitrogens is 1. The largest absolute Gasteiger partial charge is 0.490 e. The minimum atomic E-state index is -4.68. The Morgan fingerprint density at radius 1 is 0.891 bits per heavy atom. The van der Waals surface area contributed by atoms with Gasteiger partial charge in [0.05, 0.1) is 36.1 Å². The Hall–Kier alpha value is -5.29. The van der Waals surface area contributed by atoms with Crippen molar-refractivity contribution in [2.75, 3.05) is 13.2 Å². The summed E-state index contributed by atoms with van der Waals surface area (Å²) in [6.07, 6.45) is -3.42. The molecule has 0 bridgehead atoms. The molecule has 5 aromatic rings. The van der Waals surface area contributed by atoms with Gasteiger partial charge in [-0.3, -0.25) is 4.79 Å². The first-order valence-electron chi connectivity index (χ1n) is 14.1. The zero-order valence-corrected chi connectivity index (χ0v) is 25.3. The van der Waals surface area contributed by atoms with Crippen LogP contribution in [0.2, 0.25) is 5.02 Å². The second kappa shape index (κ2) is 13.8. The molecule has 0 spiro atoms. The fourth-order valence-electron chi connectivity index (χ4n) is 4.80. The SMILES string of the molecule is CCOc1ccc(C(=O)Oc2ccccc2C=NNC(=O)c2[nH]c3c(C(F)(F)F)cccc3c2-c2ccccc2Cl)cc1OCC. The van der Waals surface area contributed by atoms with Gasteiger partial charge in [-0.15, -0.1) is 0 Å². The molecule has 0 aliphatic rings. The lowest BCUT2D eigenvalue weighted by Crippen LogP contribution is -2.19. The van der Waals surface area contributed by atoms with Crippen LogP contribution in [0.15, 0.2) is 90.0 Å². The first-order valence-corrected chi connectivity index (χ1v) is 14.5. The van der Waals surface area contributed by atoms with Crippen LogP contribution in [0.1, 0.15) is 45.8 Å². The molecule has 0 aliphatic carbocycles. The highest BCUT2D eigenvalue weighted by Gasteiger charge is 2.35. The topological polar surface area (TPSA) is 102 Å². The van der Waals surface area contributed by atoms with Crippen molar-refractivity contribution in [1.82, 2.24) is 10.4 Å². The summed E-state index contributed by atoms with van der Waals surface area (Å²) in [5.41, 5.74) is 2.10. The van der Waals surface area contributed by atoms with E-state index >= 15 is 0 Å². The summed E-state index contributed by atoms with van der Waals surface area (Å²) in [6.45, 7) is 4.43. The van der Waals surface area contributed by atoms with Gasteiger partial charge in [-0.25, -0.2) is 10.2 Å². The second-order valence-corrected chi connectivity index (χ2v) is 10.1. The highest BCUT2D eigenvalue weighted by Crippen LogP contribution is 2.41. The minimum absolute atomic E-state index is 0.148. The van der Waals surface area contributed by atoms with Gasteiger partial charge in [-0.1, -0.05) is 54.1 Å². The van der Waals surface area contributed by atoms with E-state index in [0.29, 0.717) is 35.8 Å². The number of hydrogen-bond donors (Lipinski definition) is 2. The highest BCUT2D eigenvalue weighted by molar-refractivity contribution is 6.34. The number of para-hydroxylation sites is 2. The zero-order valence-electron chi connectivity index (χ0n) is 24.6. The van der Waals surface area contributed by atoms with Gasteiger partial charge in [0, 0.05) is 27.1 Å². The molecule has 2 N–H and O–H groups in total. The zero-order chi connectivity index (χ0) is 32.8. The maximum Gasteiger partial charge on any atom is 0.418 e. The van der Waals surface area contributed by atoms with E-state index in [-0.39, 0.29) is 38.5 Å². The van der Waals surface area contributed by atoms with Gasteiger partial charge in [0.25, 0.3) is 5.91 Å². The number of esters is 1. The van der Waals surface area contributed by atoms with E-state index in [9.17, 15) is 22.8 Å². The molecular weight excluding hydrogens is 623 g/mol. The number of nitrogens with zero attached hydrogens (tertiary/aromatic N) is 1. The van der Waals surface area contributed by atoms with Crippen molar-refractivity contribution in [3.05, 3.63) is 112 Å². The number of alkyl halides is 3. The molecule has 236 valence electrons. The third-order valence-electron chi connectivity index (χ3n) is 6.78. The third-order valence-corrected chi connectivity index (χ3v) is 7.11. The number of hydrazone groups is 1. The lowest BCUT2D eigenvalue weighted by atomic mass is 10.00. The van der Waals surface area contributed by atoms with Gasteiger partial charge in [0.15, 0.2) is 11.5 Å². The summed E-state index contributed by atoms with van der Waals surface area (Å²) < 4.78 is 58.3. The van der Waals surface area contributed by atoms with Crippen LogP contribution in [0, 0.1) is 0 Å². The smallest absolute Gasteiger partial charge is 0.418 e. The number of ether oxygens (including phenoxy) is 3. The summed E-state index contributed by atoms with van der Waals surface area (Å²) in [4.78, 5) is 29.0. The van der Waals surface area contributed by atoms with Crippen molar-refractivity contribution >= 4 is 40.6 Å².